The topological polar surface area (TPSA) is 55.2 Å². The van der Waals surface area contributed by atoms with Gasteiger partial charge in [0.15, 0.2) is 10.4 Å². The van der Waals surface area contributed by atoms with Crippen molar-refractivity contribution in [2.24, 2.45) is 0 Å². The van der Waals surface area contributed by atoms with Crippen molar-refractivity contribution in [1.29, 1.82) is 0 Å². The number of benzene rings is 1. The molecule has 0 atom stereocenters. The van der Waals surface area contributed by atoms with Crippen molar-refractivity contribution >= 4 is 32.6 Å². The van der Waals surface area contributed by atoms with Crippen LogP contribution in [0.2, 0.25) is 0 Å². The third-order valence-corrected chi connectivity index (χ3v) is 3.43. The number of hydrogen-bond acceptors (Lipinski definition) is 3. The van der Waals surface area contributed by atoms with Crippen molar-refractivity contribution in [3.8, 4) is 5.75 Å². The van der Waals surface area contributed by atoms with Crippen LogP contribution in [0.1, 0.15) is 23.0 Å². The highest BCUT2D eigenvalue weighted by Crippen LogP contribution is 2.26. The minimum Gasteiger partial charge on any atom is -0.494 e. The van der Waals surface area contributed by atoms with Crippen LogP contribution < -0.4 is 4.74 Å². The number of nitrogens with one attached hydrogen (secondary N) is 1. The Labute approximate surface area is 123 Å². The number of ether oxygens (including phenoxy) is 1. The molecule has 3 aromatic rings. The average Bonchev–Trinajstić information content (AvgIpc) is 3.04. The van der Waals surface area contributed by atoms with Gasteiger partial charge < -0.3 is 14.1 Å². The summed E-state index contributed by atoms with van der Waals surface area (Å²) < 4.78 is 11.3. The van der Waals surface area contributed by atoms with Crippen molar-refractivity contribution in [2.75, 3.05) is 6.61 Å². The summed E-state index contributed by atoms with van der Waals surface area (Å²) in [4.78, 5) is 15.5. The van der Waals surface area contributed by atoms with E-state index in [1.807, 2.05) is 25.1 Å². The molecule has 0 spiro atoms. The number of halogens is 1. The van der Waals surface area contributed by atoms with E-state index in [1.54, 1.807) is 18.3 Å². The molecule has 1 aromatic carbocycles. The van der Waals surface area contributed by atoms with Gasteiger partial charge >= 0.3 is 0 Å². The second-order valence-electron chi connectivity index (χ2n) is 4.28. The van der Waals surface area contributed by atoms with Gasteiger partial charge in [-0.1, -0.05) is 0 Å². The highest BCUT2D eigenvalue weighted by Gasteiger charge is 2.17. The largest absolute Gasteiger partial charge is 0.494 e. The Morgan fingerprint density at radius 2 is 2.20 bits per heavy atom. The quantitative estimate of drug-likeness (QED) is 0.729. The molecule has 0 radical (unpaired) electrons. The number of fused-ring (bicyclic) bond motifs is 1. The van der Waals surface area contributed by atoms with Gasteiger partial charge in [0, 0.05) is 17.1 Å². The Morgan fingerprint density at radius 1 is 1.35 bits per heavy atom. The average molecular weight is 334 g/mol. The number of hydrogen-bond donors (Lipinski definition) is 1. The number of aromatic nitrogens is 1. The molecule has 0 saturated heterocycles. The molecule has 0 amide bonds. The van der Waals surface area contributed by atoms with Gasteiger partial charge in [-0.2, -0.15) is 0 Å². The lowest BCUT2D eigenvalue weighted by Crippen LogP contribution is -1.98. The van der Waals surface area contributed by atoms with Gasteiger partial charge in [-0.15, -0.1) is 0 Å². The zero-order valence-corrected chi connectivity index (χ0v) is 12.4. The Balaban J connectivity index is 2.06. The van der Waals surface area contributed by atoms with Crippen LogP contribution in [0.25, 0.3) is 10.9 Å². The Kier molecular flexibility index (Phi) is 3.36. The minimum atomic E-state index is -0.157. The normalized spacial score (nSPS) is 10.9. The van der Waals surface area contributed by atoms with Gasteiger partial charge in [0.25, 0.3) is 0 Å². The standard InChI is InChI=1S/C15H12BrNO3/c1-2-19-9-3-4-12-10(7-9)11(8-17-12)15(18)13-5-6-14(16)20-13/h3-8,17H,2H2,1H3. The first-order valence-electron chi connectivity index (χ1n) is 6.23. The minimum absolute atomic E-state index is 0.157. The SMILES string of the molecule is CCOc1ccc2[nH]cc(C(=O)c3ccc(Br)o3)c2c1. The van der Waals surface area contributed by atoms with E-state index in [1.165, 1.54) is 0 Å². The summed E-state index contributed by atoms with van der Waals surface area (Å²) in [7, 11) is 0. The number of carbonyl (C=O) groups excluding carboxylic acids is 1. The van der Waals surface area contributed by atoms with Crippen LogP contribution in [-0.4, -0.2) is 17.4 Å². The molecule has 0 unspecified atom stereocenters. The molecule has 4 nitrogen and oxygen atoms in total. The van der Waals surface area contributed by atoms with Crippen LogP contribution in [0.5, 0.6) is 5.75 Å². The third-order valence-electron chi connectivity index (χ3n) is 3.01. The third kappa shape index (κ3) is 2.25. The van der Waals surface area contributed by atoms with Crippen LogP contribution in [0.3, 0.4) is 0 Å². The molecule has 20 heavy (non-hydrogen) atoms. The number of ketones is 1. The molecule has 0 fully saturated rings. The Morgan fingerprint density at radius 3 is 2.90 bits per heavy atom. The molecule has 102 valence electrons. The maximum atomic E-state index is 12.4. The van der Waals surface area contributed by atoms with Gasteiger partial charge in [0.1, 0.15) is 5.75 Å². The lowest BCUT2D eigenvalue weighted by molar-refractivity contribution is 0.101. The zero-order chi connectivity index (χ0) is 14.1. The lowest BCUT2D eigenvalue weighted by Gasteiger charge is -2.03. The molecule has 0 bridgehead atoms. The number of aromatic amines is 1. The monoisotopic (exact) mass is 333 g/mol. The number of carbonyl (C=O) groups is 1. The second-order valence-corrected chi connectivity index (χ2v) is 5.06. The van der Waals surface area contributed by atoms with Crippen molar-refractivity contribution in [1.82, 2.24) is 4.98 Å². The lowest BCUT2D eigenvalue weighted by atomic mass is 10.1. The van der Waals surface area contributed by atoms with Crippen molar-refractivity contribution in [3.05, 3.63) is 52.5 Å². The van der Waals surface area contributed by atoms with Crippen molar-refractivity contribution in [2.45, 2.75) is 6.92 Å². The fraction of sp³-hybridized carbons (Fsp3) is 0.133. The van der Waals surface area contributed by atoms with Crippen molar-refractivity contribution in [3.63, 3.8) is 0 Å². The summed E-state index contributed by atoms with van der Waals surface area (Å²) in [6.07, 6.45) is 1.69. The summed E-state index contributed by atoms with van der Waals surface area (Å²) in [5.41, 5.74) is 1.46. The predicted octanol–water partition coefficient (Wildman–Crippen LogP) is 4.15. The van der Waals surface area contributed by atoms with E-state index in [4.69, 9.17) is 9.15 Å². The van der Waals surface area contributed by atoms with E-state index < -0.39 is 0 Å². The maximum Gasteiger partial charge on any atom is 0.230 e. The summed E-state index contributed by atoms with van der Waals surface area (Å²) in [6, 6.07) is 8.99. The summed E-state index contributed by atoms with van der Waals surface area (Å²) in [5.74, 6) is 0.893. The number of H-pyrrole nitrogens is 1. The molecule has 5 heteroatoms. The molecule has 2 aromatic heterocycles. The molecule has 0 aliphatic heterocycles. The molecule has 0 aliphatic carbocycles. The summed E-state index contributed by atoms with van der Waals surface area (Å²) in [6.45, 7) is 2.51. The van der Waals surface area contributed by atoms with Gasteiger partial charge in [-0.3, -0.25) is 4.79 Å². The Bertz CT molecular complexity index is 772. The fourth-order valence-electron chi connectivity index (χ4n) is 2.11. The number of furan rings is 1. The van der Waals surface area contributed by atoms with E-state index in [9.17, 15) is 4.79 Å². The van der Waals surface area contributed by atoms with E-state index in [2.05, 4.69) is 20.9 Å². The van der Waals surface area contributed by atoms with Gasteiger partial charge in [-0.25, -0.2) is 0 Å². The fourth-order valence-corrected chi connectivity index (χ4v) is 2.42. The molecular formula is C15H12BrNO3. The van der Waals surface area contributed by atoms with Gasteiger partial charge in [0.2, 0.25) is 5.78 Å². The first-order valence-corrected chi connectivity index (χ1v) is 7.02. The smallest absolute Gasteiger partial charge is 0.230 e. The van der Waals surface area contributed by atoms with Crippen LogP contribution in [-0.2, 0) is 0 Å². The van der Waals surface area contributed by atoms with E-state index in [0.717, 1.165) is 16.7 Å². The Hall–Kier alpha value is -2.01. The van der Waals surface area contributed by atoms with Gasteiger partial charge in [0.05, 0.1) is 12.2 Å². The van der Waals surface area contributed by atoms with Crippen LogP contribution >= 0.6 is 15.9 Å². The summed E-state index contributed by atoms with van der Waals surface area (Å²) >= 11 is 3.20. The molecule has 3 rings (SSSR count). The second kappa shape index (κ2) is 5.17. The van der Waals surface area contributed by atoms with E-state index >= 15 is 0 Å². The molecular weight excluding hydrogens is 322 g/mol. The zero-order valence-electron chi connectivity index (χ0n) is 10.8. The van der Waals surface area contributed by atoms with Crippen LogP contribution in [0, 0.1) is 0 Å². The molecule has 0 aliphatic rings. The van der Waals surface area contributed by atoms with Crippen molar-refractivity contribution < 1.29 is 13.9 Å². The van der Waals surface area contributed by atoms with E-state index in [-0.39, 0.29) is 5.78 Å². The highest BCUT2D eigenvalue weighted by molar-refractivity contribution is 9.10. The predicted molar refractivity (Wildman–Crippen MR) is 79.3 cm³/mol. The first-order chi connectivity index (χ1) is 9.69. The highest BCUT2D eigenvalue weighted by atomic mass is 79.9. The molecule has 2 heterocycles. The maximum absolute atomic E-state index is 12.4. The van der Waals surface area contributed by atoms with Crippen LogP contribution in [0.4, 0.5) is 0 Å². The summed E-state index contributed by atoms with van der Waals surface area (Å²) in [5, 5.41) is 0.827. The molecule has 1 N–H and O–H groups in total. The van der Waals surface area contributed by atoms with Crippen LogP contribution in [0.15, 0.2) is 45.6 Å². The number of rotatable bonds is 4. The van der Waals surface area contributed by atoms with Gasteiger partial charge in [-0.05, 0) is 53.2 Å². The van der Waals surface area contributed by atoms with E-state index in [0.29, 0.717) is 22.6 Å². The molecule has 0 saturated carbocycles. The first kappa shape index (κ1) is 13.0.